The first-order chi connectivity index (χ1) is 16.0. The molecule has 7 heteroatoms. The fraction of sp³-hybridized carbons (Fsp3) is 0.423. The van der Waals surface area contributed by atoms with E-state index in [1.165, 1.54) is 30.5 Å². The first kappa shape index (κ1) is 21.8. The molecule has 0 bridgehead atoms. The van der Waals surface area contributed by atoms with Crippen LogP contribution in [-0.2, 0) is 12.8 Å². The molecule has 1 aromatic heterocycles. The van der Waals surface area contributed by atoms with Gasteiger partial charge in [0, 0.05) is 29.1 Å². The Morgan fingerprint density at radius 2 is 2.12 bits per heavy atom. The number of carbonyl (C=O) groups excluding carboxylic acids is 1. The summed E-state index contributed by atoms with van der Waals surface area (Å²) in [6.45, 7) is 2.28. The lowest BCUT2D eigenvalue weighted by atomic mass is 9.95. The summed E-state index contributed by atoms with van der Waals surface area (Å²) in [5.41, 5.74) is 8.44. The first-order valence-corrected chi connectivity index (χ1v) is 11.6. The third-order valence-corrected chi connectivity index (χ3v) is 6.80. The molecule has 1 saturated carbocycles. The maximum atomic E-state index is 14.3. The molecule has 1 unspecified atom stereocenters. The molecule has 0 saturated heterocycles. The minimum atomic E-state index is -0.550. The number of nitrogens with zero attached hydrogens (tertiary/aromatic N) is 1. The summed E-state index contributed by atoms with van der Waals surface area (Å²) in [6.07, 6.45) is 6.70. The number of para-hydroxylation sites is 1. The van der Waals surface area contributed by atoms with Crippen LogP contribution in [0.2, 0.25) is 0 Å². The largest absolute Gasteiger partial charge is 0.493 e. The lowest BCUT2D eigenvalue weighted by Gasteiger charge is -2.36. The van der Waals surface area contributed by atoms with Gasteiger partial charge in [0.25, 0.3) is 0 Å². The third kappa shape index (κ3) is 4.42. The Kier molecular flexibility index (Phi) is 5.98. The van der Waals surface area contributed by atoms with Crippen molar-refractivity contribution in [1.82, 2.24) is 4.90 Å². The highest BCUT2D eigenvalue weighted by atomic mass is 19.1. The lowest BCUT2D eigenvalue weighted by molar-refractivity contribution is 0.0980. The van der Waals surface area contributed by atoms with E-state index >= 15 is 0 Å². The van der Waals surface area contributed by atoms with E-state index in [0.717, 1.165) is 42.6 Å². The highest BCUT2D eigenvalue weighted by Crippen LogP contribution is 2.35. The highest BCUT2D eigenvalue weighted by Gasteiger charge is 2.33. The number of halogens is 1. The lowest BCUT2D eigenvalue weighted by Crippen LogP contribution is -2.45. The van der Waals surface area contributed by atoms with Gasteiger partial charge in [0.15, 0.2) is 22.9 Å². The summed E-state index contributed by atoms with van der Waals surface area (Å²) >= 11 is 0. The SMILES string of the molecule is COc1cccc2c(CCCN(CC3CC3)C3COc4c(F)ccc(C(N)=O)c4C3)coc12. The monoisotopic (exact) mass is 452 g/mol. The predicted octanol–water partition coefficient (Wildman–Crippen LogP) is 4.33. The molecule has 2 N–H and O–H groups in total. The number of ether oxygens (including phenoxy) is 2. The third-order valence-electron chi connectivity index (χ3n) is 6.80. The van der Waals surface area contributed by atoms with Crippen LogP contribution in [0.4, 0.5) is 4.39 Å². The van der Waals surface area contributed by atoms with Gasteiger partial charge in [0.2, 0.25) is 5.91 Å². The van der Waals surface area contributed by atoms with E-state index in [1.54, 1.807) is 7.11 Å². The summed E-state index contributed by atoms with van der Waals surface area (Å²) in [5.74, 6) is 0.627. The number of fused-ring (bicyclic) bond motifs is 2. The van der Waals surface area contributed by atoms with Gasteiger partial charge in [0.1, 0.15) is 6.61 Å². The van der Waals surface area contributed by atoms with E-state index in [-0.39, 0.29) is 11.8 Å². The maximum Gasteiger partial charge on any atom is 0.249 e. The summed E-state index contributed by atoms with van der Waals surface area (Å²) in [6, 6.07) is 8.74. The zero-order chi connectivity index (χ0) is 22.9. The number of amides is 1. The topological polar surface area (TPSA) is 77.9 Å². The van der Waals surface area contributed by atoms with E-state index in [2.05, 4.69) is 11.0 Å². The Morgan fingerprint density at radius 3 is 2.88 bits per heavy atom. The zero-order valence-corrected chi connectivity index (χ0v) is 18.8. The molecule has 1 aliphatic carbocycles. The van der Waals surface area contributed by atoms with Gasteiger partial charge in [-0.1, -0.05) is 12.1 Å². The van der Waals surface area contributed by atoms with Crippen LogP contribution >= 0.6 is 0 Å². The minimum Gasteiger partial charge on any atom is -0.493 e. The first-order valence-electron chi connectivity index (χ1n) is 11.6. The standard InChI is InChI=1S/C26H29FN2O4/c1-31-23-6-2-5-19-17(14-32-25(19)23)4-3-11-29(13-16-7-8-16)18-12-21-20(26(28)30)9-10-22(27)24(21)33-15-18/h2,5-6,9-10,14,16,18H,3-4,7-8,11-13,15H2,1H3,(H2,28,30). The van der Waals surface area contributed by atoms with Gasteiger partial charge in [0.05, 0.1) is 13.4 Å². The molecule has 6 nitrogen and oxygen atoms in total. The molecule has 2 aliphatic rings. The average molecular weight is 453 g/mol. The molecule has 2 heterocycles. The van der Waals surface area contributed by atoms with Crippen molar-refractivity contribution in [2.24, 2.45) is 11.7 Å². The van der Waals surface area contributed by atoms with Crippen LogP contribution < -0.4 is 15.2 Å². The number of carbonyl (C=O) groups is 1. The molecule has 1 atom stereocenters. The van der Waals surface area contributed by atoms with Crippen molar-refractivity contribution in [1.29, 1.82) is 0 Å². The molecule has 0 spiro atoms. The quantitative estimate of drug-likeness (QED) is 0.523. The number of rotatable bonds is 9. The van der Waals surface area contributed by atoms with E-state index in [0.29, 0.717) is 30.1 Å². The molecule has 2 aromatic carbocycles. The summed E-state index contributed by atoms with van der Waals surface area (Å²) < 4.78 is 31.3. The number of furan rings is 1. The van der Waals surface area contributed by atoms with Crippen molar-refractivity contribution >= 4 is 16.9 Å². The van der Waals surface area contributed by atoms with E-state index in [1.807, 2.05) is 18.4 Å². The van der Waals surface area contributed by atoms with Crippen molar-refractivity contribution in [3.63, 3.8) is 0 Å². The Hall–Kier alpha value is -3.06. The molecule has 1 aliphatic heterocycles. The van der Waals surface area contributed by atoms with E-state index < -0.39 is 11.7 Å². The number of primary amides is 1. The molecule has 5 rings (SSSR count). The molecule has 3 aromatic rings. The number of benzene rings is 2. The van der Waals surface area contributed by atoms with Gasteiger partial charge in [-0.2, -0.15) is 0 Å². The number of aryl methyl sites for hydroxylation is 1. The fourth-order valence-corrected chi connectivity index (χ4v) is 4.86. The van der Waals surface area contributed by atoms with Crippen LogP contribution in [0.3, 0.4) is 0 Å². The molecule has 0 radical (unpaired) electrons. The van der Waals surface area contributed by atoms with Crippen molar-refractivity contribution < 1.29 is 23.1 Å². The van der Waals surface area contributed by atoms with Crippen molar-refractivity contribution in [2.75, 3.05) is 26.8 Å². The zero-order valence-electron chi connectivity index (χ0n) is 18.8. The Morgan fingerprint density at radius 1 is 1.27 bits per heavy atom. The number of hydrogen-bond donors (Lipinski definition) is 1. The van der Waals surface area contributed by atoms with Crippen LogP contribution in [0.25, 0.3) is 11.0 Å². The second-order valence-electron chi connectivity index (χ2n) is 9.08. The highest BCUT2D eigenvalue weighted by molar-refractivity contribution is 5.95. The Labute approximate surface area is 192 Å². The molecular weight excluding hydrogens is 423 g/mol. The van der Waals surface area contributed by atoms with E-state index in [4.69, 9.17) is 19.6 Å². The molecule has 1 fully saturated rings. The summed E-state index contributed by atoms with van der Waals surface area (Å²) in [5, 5.41) is 1.08. The number of hydrogen-bond acceptors (Lipinski definition) is 5. The van der Waals surface area contributed by atoms with Crippen LogP contribution in [-0.4, -0.2) is 43.7 Å². The Bertz CT molecular complexity index is 1170. The van der Waals surface area contributed by atoms with Crippen LogP contribution in [0.5, 0.6) is 11.5 Å². The van der Waals surface area contributed by atoms with Gasteiger partial charge in [-0.05, 0) is 68.3 Å². The average Bonchev–Trinajstić information content (AvgIpc) is 3.55. The van der Waals surface area contributed by atoms with Crippen molar-refractivity contribution in [3.8, 4) is 11.5 Å². The number of nitrogens with two attached hydrogens (primary N) is 1. The maximum absolute atomic E-state index is 14.3. The second kappa shape index (κ2) is 9.06. The fourth-order valence-electron chi connectivity index (χ4n) is 4.86. The van der Waals surface area contributed by atoms with Crippen LogP contribution in [0.1, 0.15) is 40.7 Å². The van der Waals surface area contributed by atoms with Gasteiger partial charge < -0.3 is 19.6 Å². The van der Waals surface area contributed by atoms with Gasteiger partial charge in [-0.3, -0.25) is 9.69 Å². The normalized spacial score (nSPS) is 17.7. The van der Waals surface area contributed by atoms with Crippen molar-refractivity contribution in [2.45, 2.75) is 38.1 Å². The minimum absolute atomic E-state index is 0.0826. The van der Waals surface area contributed by atoms with Crippen LogP contribution in [0, 0.1) is 11.7 Å². The molecule has 174 valence electrons. The molecule has 1 amide bonds. The molecule has 33 heavy (non-hydrogen) atoms. The van der Waals surface area contributed by atoms with Gasteiger partial charge >= 0.3 is 0 Å². The Balaban J connectivity index is 1.30. The number of methoxy groups -OCH3 is 1. The molecular formula is C26H29FN2O4. The smallest absolute Gasteiger partial charge is 0.249 e. The summed E-state index contributed by atoms with van der Waals surface area (Å²) in [4.78, 5) is 14.4. The predicted molar refractivity (Wildman–Crippen MR) is 123 cm³/mol. The van der Waals surface area contributed by atoms with E-state index in [9.17, 15) is 9.18 Å². The van der Waals surface area contributed by atoms with Gasteiger partial charge in [-0.15, -0.1) is 0 Å². The van der Waals surface area contributed by atoms with Crippen molar-refractivity contribution in [3.05, 3.63) is 59.1 Å². The second-order valence-corrected chi connectivity index (χ2v) is 9.08. The summed E-state index contributed by atoms with van der Waals surface area (Å²) in [7, 11) is 1.65. The van der Waals surface area contributed by atoms with Gasteiger partial charge in [-0.25, -0.2) is 4.39 Å². The van der Waals surface area contributed by atoms with Crippen LogP contribution in [0.15, 0.2) is 41.0 Å².